The van der Waals surface area contributed by atoms with Gasteiger partial charge < -0.3 is 23.6 Å². The molecule has 2 aliphatic heterocycles. The molecule has 0 amide bonds. The van der Waals surface area contributed by atoms with Crippen LogP contribution >= 0.6 is 0 Å². The third-order valence-corrected chi connectivity index (χ3v) is 5.03. The molecule has 0 bridgehead atoms. The molecule has 3 aromatic rings. The average molecular weight is 377 g/mol. The van der Waals surface area contributed by atoms with E-state index < -0.39 is 0 Å². The van der Waals surface area contributed by atoms with E-state index >= 15 is 0 Å². The molecule has 3 heterocycles. The van der Waals surface area contributed by atoms with Gasteiger partial charge in [-0.2, -0.15) is 4.98 Å². The summed E-state index contributed by atoms with van der Waals surface area (Å²) in [5.74, 6) is 3.05. The molecule has 0 unspecified atom stereocenters. The minimum absolute atomic E-state index is 0.204. The van der Waals surface area contributed by atoms with Crippen molar-refractivity contribution in [2.24, 2.45) is 0 Å². The summed E-state index contributed by atoms with van der Waals surface area (Å²) in [6.07, 6.45) is 2.85. The van der Waals surface area contributed by atoms with Crippen molar-refractivity contribution in [3.8, 4) is 28.6 Å². The zero-order valence-corrected chi connectivity index (χ0v) is 15.6. The van der Waals surface area contributed by atoms with Crippen LogP contribution < -0.4 is 14.2 Å². The predicted molar refractivity (Wildman–Crippen MR) is 103 cm³/mol. The van der Waals surface area contributed by atoms with Crippen LogP contribution in [0.2, 0.25) is 0 Å². The number of hydrogen-bond acceptors (Lipinski definition) is 7. The number of nitrogens with zero attached hydrogens (tertiary/aromatic N) is 3. The van der Waals surface area contributed by atoms with E-state index in [1.165, 1.54) is 0 Å². The summed E-state index contributed by atoms with van der Waals surface area (Å²) >= 11 is 0. The van der Waals surface area contributed by atoms with Gasteiger partial charge >= 0.3 is 0 Å². The van der Waals surface area contributed by atoms with Crippen LogP contribution in [0.5, 0.6) is 17.2 Å². The highest BCUT2D eigenvalue weighted by atomic mass is 16.7. The maximum absolute atomic E-state index is 5.67. The fourth-order valence-electron chi connectivity index (χ4n) is 3.56. The smallest absolute Gasteiger partial charge is 0.274 e. The lowest BCUT2D eigenvalue weighted by Gasteiger charge is -2.17. The number of benzene rings is 2. The zero-order chi connectivity index (χ0) is 19.1. The van der Waals surface area contributed by atoms with Gasteiger partial charge in [-0.05, 0) is 24.1 Å². The Kier molecular flexibility index (Phi) is 3.93. The summed E-state index contributed by atoms with van der Waals surface area (Å²) < 4.78 is 22.4. The second kappa shape index (κ2) is 6.60. The molecule has 7 nitrogen and oxygen atoms in total. The van der Waals surface area contributed by atoms with Crippen LogP contribution in [-0.4, -0.2) is 42.5 Å². The Labute approximate surface area is 162 Å². The second-order valence-corrected chi connectivity index (χ2v) is 6.71. The zero-order valence-electron chi connectivity index (χ0n) is 15.6. The lowest BCUT2D eigenvalue weighted by atomic mass is 10.0. The average Bonchev–Trinajstić information content (AvgIpc) is 3.36. The van der Waals surface area contributed by atoms with Crippen LogP contribution in [0.15, 0.2) is 40.9 Å². The lowest BCUT2D eigenvalue weighted by molar-refractivity contribution is 0.171. The quantitative estimate of drug-likeness (QED) is 0.692. The number of rotatable bonds is 3. The van der Waals surface area contributed by atoms with Gasteiger partial charge in [0.05, 0.1) is 7.11 Å². The van der Waals surface area contributed by atoms with E-state index in [4.69, 9.17) is 18.7 Å². The molecule has 0 atom stereocenters. The van der Waals surface area contributed by atoms with Crippen LogP contribution in [0.25, 0.3) is 23.2 Å². The van der Waals surface area contributed by atoms with Crippen molar-refractivity contribution in [3.05, 3.63) is 53.4 Å². The van der Waals surface area contributed by atoms with Crippen molar-refractivity contribution in [3.63, 3.8) is 0 Å². The van der Waals surface area contributed by atoms with E-state index in [9.17, 15) is 0 Å². The number of likely N-dealkylation sites (N-methyl/N-ethyl adjacent to an activating group) is 1. The Hall–Kier alpha value is -3.48. The topological polar surface area (TPSA) is 69.8 Å². The molecule has 0 N–H and O–H groups in total. The fourth-order valence-corrected chi connectivity index (χ4v) is 3.56. The van der Waals surface area contributed by atoms with E-state index in [1.54, 1.807) is 7.11 Å². The molecule has 2 aromatic carbocycles. The first-order chi connectivity index (χ1) is 13.7. The fraction of sp³-hybridized carbons (Fsp3) is 0.238. The molecule has 5 rings (SSSR count). The van der Waals surface area contributed by atoms with Crippen molar-refractivity contribution in [2.45, 2.75) is 6.42 Å². The summed E-state index contributed by atoms with van der Waals surface area (Å²) in [5, 5.41) is 4.15. The normalized spacial score (nSPS) is 15.1. The number of hydrogen-bond donors (Lipinski definition) is 0. The maximum Gasteiger partial charge on any atom is 0.274 e. The highest BCUT2D eigenvalue weighted by Crippen LogP contribution is 2.47. The Balaban J connectivity index is 1.62. The van der Waals surface area contributed by atoms with Gasteiger partial charge in [0.25, 0.3) is 5.89 Å². The number of methoxy groups -OCH3 is 1. The summed E-state index contributed by atoms with van der Waals surface area (Å²) in [5.41, 5.74) is 3.83. The van der Waals surface area contributed by atoms with Crippen molar-refractivity contribution < 1.29 is 18.7 Å². The van der Waals surface area contributed by atoms with Crippen molar-refractivity contribution in [1.82, 2.24) is 15.0 Å². The molecule has 2 aliphatic rings. The molecule has 0 radical (unpaired) electrons. The monoisotopic (exact) mass is 377 g/mol. The number of fused-ring (bicyclic) bond motifs is 2. The SMILES string of the molecule is COc1c2c(cc3c1OCO3)CCN(C)C(c1nc(-c3ccccc3)no1)=C2. The molecular formula is C21H19N3O4. The van der Waals surface area contributed by atoms with Gasteiger partial charge in [0.2, 0.25) is 18.4 Å². The minimum Gasteiger partial charge on any atom is -0.492 e. The van der Waals surface area contributed by atoms with Gasteiger partial charge in [-0.1, -0.05) is 35.5 Å². The maximum atomic E-state index is 5.67. The Morgan fingerprint density at radius 3 is 2.82 bits per heavy atom. The number of ether oxygens (including phenoxy) is 3. The second-order valence-electron chi connectivity index (χ2n) is 6.71. The van der Waals surface area contributed by atoms with E-state index in [1.807, 2.05) is 49.5 Å². The van der Waals surface area contributed by atoms with E-state index in [0.29, 0.717) is 23.2 Å². The van der Waals surface area contributed by atoms with Crippen LogP contribution in [0.4, 0.5) is 0 Å². The highest BCUT2D eigenvalue weighted by molar-refractivity contribution is 5.84. The van der Waals surface area contributed by atoms with Gasteiger partial charge in [0, 0.05) is 24.7 Å². The summed E-state index contributed by atoms with van der Waals surface area (Å²) in [6.45, 7) is 1.000. The highest BCUT2D eigenvalue weighted by Gasteiger charge is 2.28. The van der Waals surface area contributed by atoms with Crippen molar-refractivity contribution in [2.75, 3.05) is 27.5 Å². The molecule has 0 spiro atoms. The van der Waals surface area contributed by atoms with Crippen LogP contribution in [0, 0.1) is 0 Å². The largest absolute Gasteiger partial charge is 0.492 e. The standard InChI is InChI=1S/C21H19N3O4/c1-24-9-8-14-10-17-19(27-12-26-17)18(25-2)15(14)11-16(24)21-22-20(23-28-21)13-6-4-3-5-7-13/h3-7,10-11H,8-9,12H2,1-2H3. The number of aromatic nitrogens is 2. The van der Waals surface area contributed by atoms with Gasteiger partial charge in [0.1, 0.15) is 5.70 Å². The van der Waals surface area contributed by atoms with E-state index in [2.05, 4.69) is 15.0 Å². The first-order valence-corrected chi connectivity index (χ1v) is 9.06. The summed E-state index contributed by atoms with van der Waals surface area (Å²) in [6, 6.07) is 11.8. The Bertz CT molecular complexity index is 1060. The first kappa shape index (κ1) is 16.7. The molecular weight excluding hydrogens is 358 g/mol. The third-order valence-electron chi connectivity index (χ3n) is 5.03. The molecule has 0 fully saturated rings. The molecule has 28 heavy (non-hydrogen) atoms. The predicted octanol–water partition coefficient (Wildman–Crippen LogP) is 3.46. The molecule has 0 saturated heterocycles. The molecule has 1 aromatic heterocycles. The van der Waals surface area contributed by atoms with Gasteiger partial charge in [0.15, 0.2) is 11.5 Å². The van der Waals surface area contributed by atoms with E-state index in [0.717, 1.165) is 41.1 Å². The van der Waals surface area contributed by atoms with E-state index in [-0.39, 0.29) is 6.79 Å². The molecule has 0 aliphatic carbocycles. The molecule has 7 heteroatoms. The minimum atomic E-state index is 0.204. The summed E-state index contributed by atoms with van der Waals surface area (Å²) in [4.78, 5) is 6.72. The van der Waals surface area contributed by atoms with Gasteiger partial charge in [-0.15, -0.1) is 0 Å². The molecule has 142 valence electrons. The molecule has 0 saturated carbocycles. The Morgan fingerprint density at radius 1 is 1.14 bits per heavy atom. The van der Waals surface area contributed by atoms with Crippen molar-refractivity contribution in [1.29, 1.82) is 0 Å². The Morgan fingerprint density at radius 2 is 2.00 bits per heavy atom. The third kappa shape index (κ3) is 2.67. The van der Waals surface area contributed by atoms with Crippen LogP contribution in [0.3, 0.4) is 0 Å². The van der Waals surface area contributed by atoms with Crippen LogP contribution in [-0.2, 0) is 6.42 Å². The lowest BCUT2D eigenvalue weighted by Crippen LogP contribution is -2.18. The van der Waals surface area contributed by atoms with Crippen LogP contribution in [0.1, 0.15) is 17.0 Å². The van der Waals surface area contributed by atoms with Gasteiger partial charge in [-0.25, -0.2) is 0 Å². The van der Waals surface area contributed by atoms with Crippen molar-refractivity contribution >= 4 is 11.8 Å². The summed E-state index contributed by atoms with van der Waals surface area (Å²) in [7, 11) is 3.65. The van der Waals surface area contributed by atoms with Gasteiger partial charge in [-0.3, -0.25) is 0 Å². The first-order valence-electron chi connectivity index (χ1n) is 9.06.